The number of rotatable bonds is 2. The number of aliphatic hydroxyl groups excluding tert-OH is 1. The SMILES string of the molecule is CC(CO)c1ccc2c(c1)Sc1cc(Br)ccc1S2. The minimum Gasteiger partial charge on any atom is -0.396 e. The highest BCUT2D eigenvalue weighted by molar-refractivity contribution is 9.10. The number of hydrogen-bond donors (Lipinski definition) is 1. The third-order valence-corrected chi connectivity index (χ3v) is 6.18. The van der Waals surface area contributed by atoms with E-state index in [1.54, 1.807) is 11.8 Å². The average Bonchev–Trinajstić information content (AvgIpc) is 2.43. The normalized spacial score (nSPS) is 14.7. The van der Waals surface area contributed by atoms with Crippen LogP contribution in [0, 0.1) is 0 Å². The van der Waals surface area contributed by atoms with E-state index >= 15 is 0 Å². The van der Waals surface area contributed by atoms with Crippen molar-refractivity contribution in [1.82, 2.24) is 0 Å². The molecule has 0 aromatic heterocycles. The summed E-state index contributed by atoms with van der Waals surface area (Å²) in [7, 11) is 0. The monoisotopic (exact) mass is 352 g/mol. The van der Waals surface area contributed by atoms with Crippen LogP contribution in [0.25, 0.3) is 0 Å². The minimum absolute atomic E-state index is 0.193. The van der Waals surface area contributed by atoms with Gasteiger partial charge in [-0.3, -0.25) is 0 Å². The molecule has 0 saturated heterocycles. The van der Waals surface area contributed by atoms with Gasteiger partial charge in [-0.15, -0.1) is 0 Å². The van der Waals surface area contributed by atoms with Crippen LogP contribution in [-0.2, 0) is 0 Å². The maximum atomic E-state index is 9.27. The lowest BCUT2D eigenvalue weighted by Gasteiger charge is -2.20. The molecule has 1 nitrogen and oxygen atoms in total. The number of benzene rings is 2. The van der Waals surface area contributed by atoms with Crippen LogP contribution in [0.4, 0.5) is 0 Å². The van der Waals surface area contributed by atoms with Gasteiger partial charge in [0.25, 0.3) is 0 Å². The third-order valence-electron chi connectivity index (χ3n) is 3.16. The predicted molar refractivity (Wildman–Crippen MR) is 84.3 cm³/mol. The van der Waals surface area contributed by atoms with Gasteiger partial charge in [0.15, 0.2) is 0 Å². The van der Waals surface area contributed by atoms with E-state index in [2.05, 4.69) is 52.3 Å². The molecule has 1 unspecified atom stereocenters. The summed E-state index contributed by atoms with van der Waals surface area (Å²) in [4.78, 5) is 5.19. The molecule has 1 aliphatic rings. The number of fused-ring (bicyclic) bond motifs is 2. The smallest absolute Gasteiger partial charge is 0.0497 e. The van der Waals surface area contributed by atoms with Gasteiger partial charge in [-0.2, -0.15) is 0 Å². The van der Waals surface area contributed by atoms with Crippen molar-refractivity contribution in [2.24, 2.45) is 0 Å². The highest BCUT2D eigenvalue weighted by atomic mass is 79.9. The van der Waals surface area contributed by atoms with Gasteiger partial charge < -0.3 is 5.11 Å². The molecule has 1 atom stereocenters. The lowest BCUT2D eigenvalue weighted by atomic mass is 10.0. The van der Waals surface area contributed by atoms with Crippen LogP contribution in [0.2, 0.25) is 0 Å². The molecule has 2 aromatic rings. The van der Waals surface area contributed by atoms with Crippen molar-refractivity contribution in [2.75, 3.05) is 6.61 Å². The van der Waals surface area contributed by atoms with Gasteiger partial charge in [-0.05, 0) is 35.9 Å². The first-order valence-electron chi connectivity index (χ1n) is 6.07. The summed E-state index contributed by atoms with van der Waals surface area (Å²) in [5, 5.41) is 9.27. The molecule has 2 aromatic carbocycles. The molecule has 0 amide bonds. The molecule has 4 heteroatoms. The Hall–Kier alpha value is -0.420. The summed E-state index contributed by atoms with van der Waals surface area (Å²) >= 11 is 7.14. The fourth-order valence-electron chi connectivity index (χ4n) is 1.98. The van der Waals surface area contributed by atoms with Crippen LogP contribution < -0.4 is 0 Å². The fraction of sp³-hybridized carbons (Fsp3) is 0.200. The predicted octanol–water partition coefficient (Wildman–Crippen LogP) is 5.16. The van der Waals surface area contributed by atoms with Crippen molar-refractivity contribution in [3.05, 3.63) is 46.4 Å². The van der Waals surface area contributed by atoms with Gasteiger partial charge in [0.2, 0.25) is 0 Å². The Bertz CT molecular complexity index is 628. The second kappa shape index (κ2) is 5.52. The van der Waals surface area contributed by atoms with Gasteiger partial charge in [0.1, 0.15) is 0 Å². The molecular formula is C15H13BrOS2. The van der Waals surface area contributed by atoms with Crippen molar-refractivity contribution < 1.29 is 5.11 Å². The van der Waals surface area contributed by atoms with E-state index in [1.807, 2.05) is 18.7 Å². The highest BCUT2D eigenvalue weighted by Gasteiger charge is 2.18. The van der Waals surface area contributed by atoms with Crippen LogP contribution in [-0.4, -0.2) is 11.7 Å². The van der Waals surface area contributed by atoms with E-state index in [9.17, 15) is 5.11 Å². The van der Waals surface area contributed by atoms with Gasteiger partial charge in [0.05, 0.1) is 0 Å². The van der Waals surface area contributed by atoms with Gasteiger partial charge in [0, 0.05) is 36.6 Å². The minimum atomic E-state index is 0.193. The van der Waals surface area contributed by atoms with E-state index in [4.69, 9.17) is 0 Å². The summed E-state index contributed by atoms with van der Waals surface area (Å²) in [6.07, 6.45) is 0. The maximum Gasteiger partial charge on any atom is 0.0497 e. The number of aliphatic hydroxyl groups is 1. The Morgan fingerprint density at radius 3 is 2.37 bits per heavy atom. The van der Waals surface area contributed by atoms with Crippen LogP contribution in [0.1, 0.15) is 18.4 Å². The molecule has 0 aliphatic carbocycles. The molecule has 0 bridgehead atoms. The maximum absolute atomic E-state index is 9.27. The van der Waals surface area contributed by atoms with Gasteiger partial charge >= 0.3 is 0 Å². The van der Waals surface area contributed by atoms with Crippen LogP contribution in [0.3, 0.4) is 0 Å². The molecule has 1 N–H and O–H groups in total. The fourth-order valence-corrected chi connectivity index (χ4v) is 4.78. The zero-order chi connectivity index (χ0) is 13.4. The van der Waals surface area contributed by atoms with Crippen molar-refractivity contribution in [3.8, 4) is 0 Å². The standard InChI is InChI=1S/C15H13BrOS2/c1-9(8-17)10-2-4-12-14(6-10)19-15-7-11(16)3-5-13(15)18-12/h2-7,9,17H,8H2,1H3. The van der Waals surface area contributed by atoms with Crippen molar-refractivity contribution >= 4 is 39.5 Å². The van der Waals surface area contributed by atoms with Gasteiger partial charge in [-0.1, -0.05) is 52.4 Å². The van der Waals surface area contributed by atoms with E-state index in [0.717, 1.165) is 4.47 Å². The van der Waals surface area contributed by atoms with Crippen molar-refractivity contribution in [2.45, 2.75) is 32.4 Å². The Labute approximate surface area is 129 Å². The first-order chi connectivity index (χ1) is 9.17. The first kappa shape index (κ1) is 13.6. The van der Waals surface area contributed by atoms with Crippen molar-refractivity contribution in [1.29, 1.82) is 0 Å². The first-order valence-corrected chi connectivity index (χ1v) is 8.50. The summed E-state index contributed by atoms with van der Waals surface area (Å²) in [6, 6.07) is 12.9. The molecule has 19 heavy (non-hydrogen) atoms. The average molecular weight is 353 g/mol. The van der Waals surface area contributed by atoms with E-state index in [1.165, 1.54) is 25.1 Å². The highest BCUT2D eigenvalue weighted by Crippen LogP contribution is 2.49. The molecule has 0 spiro atoms. The molecule has 0 radical (unpaired) electrons. The number of halogens is 1. The van der Waals surface area contributed by atoms with Crippen LogP contribution >= 0.6 is 39.5 Å². The lowest BCUT2D eigenvalue weighted by molar-refractivity contribution is 0.273. The molecular weight excluding hydrogens is 340 g/mol. The Morgan fingerprint density at radius 1 is 1.00 bits per heavy atom. The third kappa shape index (κ3) is 2.72. The Kier molecular flexibility index (Phi) is 3.94. The largest absolute Gasteiger partial charge is 0.396 e. The van der Waals surface area contributed by atoms with Crippen LogP contribution in [0.5, 0.6) is 0 Å². The van der Waals surface area contributed by atoms with E-state index in [-0.39, 0.29) is 12.5 Å². The van der Waals surface area contributed by atoms with Crippen LogP contribution in [0.15, 0.2) is 60.5 Å². The Morgan fingerprint density at radius 2 is 1.63 bits per heavy atom. The molecule has 98 valence electrons. The molecule has 0 fully saturated rings. The Balaban J connectivity index is 1.98. The molecule has 0 saturated carbocycles. The molecule has 1 aliphatic heterocycles. The van der Waals surface area contributed by atoms with Crippen molar-refractivity contribution in [3.63, 3.8) is 0 Å². The summed E-state index contributed by atoms with van der Waals surface area (Å²) in [5.41, 5.74) is 1.20. The lowest BCUT2D eigenvalue weighted by Crippen LogP contribution is -2.00. The second-order valence-corrected chi connectivity index (χ2v) is 7.67. The number of hydrogen-bond acceptors (Lipinski definition) is 3. The molecule has 3 rings (SSSR count). The summed E-state index contributed by atoms with van der Waals surface area (Å²) in [6.45, 7) is 2.24. The van der Waals surface area contributed by atoms with Gasteiger partial charge in [-0.25, -0.2) is 0 Å². The van der Waals surface area contributed by atoms with E-state index in [0.29, 0.717) is 0 Å². The summed E-state index contributed by atoms with van der Waals surface area (Å²) < 4.78 is 1.11. The zero-order valence-electron chi connectivity index (χ0n) is 10.4. The van der Waals surface area contributed by atoms with E-state index < -0.39 is 0 Å². The second-order valence-electron chi connectivity index (χ2n) is 4.58. The quantitative estimate of drug-likeness (QED) is 0.687. The molecule has 1 heterocycles. The topological polar surface area (TPSA) is 20.2 Å². The summed E-state index contributed by atoms with van der Waals surface area (Å²) in [5.74, 6) is 0.194. The zero-order valence-corrected chi connectivity index (χ0v) is 13.6.